The van der Waals surface area contributed by atoms with E-state index in [1.165, 1.54) is 12.0 Å². The first-order chi connectivity index (χ1) is 15.5. The number of rotatable bonds is 5. The number of para-hydroxylation sites is 1. The minimum absolute atomic E-state index is 0.00572. The van der Waals surface area contributed by atoms with Crippen molar-refractivity contribution in [3.63, 3.8) is 0 Å². The standard InChI is InChI=1S/C26H23NO5/c1-16-7-6-8-18(15-16)27-23(20-9-4-5-10-21(20)32-3)22(25(29)26(27)30)24(28)17-11-13-19(31-2)14-12-17/h4-15,23,28H,1-3H3/b24-22+. The Bertz CT molecular complexity index is 1210. The number of carbonyl (C=O) groups excluding carboxylic acids is 2. The Balaban J connectivity index is 1.96. The van der Waals surface area contributed by atoms with Gasteiger partial charge in [-0.3, -0.25) is 14.5 Å². The smallest absolute Gasteiger partial charge is 0.300 e. The van der Waals surface area contributed by atoms with Gasteiger partial charge in [-0.2, -0.15) is 0 Å². The summed E-state index contributed by atoms with van der Waals surface area (Å²) in [6.45, 7) is 1.91. The summed E-state index contributed by atoms with van der Waals surface area (Å²) in [6, 6.07) is 20.3. The molecule has 3 aromatic carbocycles. The van der Waals surface area contributed by atoms with Gasteiger partial charge in [-0.15, -0.1) is 0 Å². The minimum Gasteiger partial charge on any atom is -0.507 e. The number of nitrogens with zero attached hydrogens (tertiary/aromatic N) is 1. The predicted molar refractivity (Wildman–Crippen MR) is 122 cm³/mol. The van der Waals surface area contributed by atoms with Gasteiger partial charge in [-0.1, -0.05) is 30.3 Å². The van der Waals surface area contributed by atoms with Gasteiger partial charge < -0.3 is 14.6 Å². The molecule has 0 spiro atoms. The van der Waals surface area contributed by atoms with Crippen molar-refractivity contribution in [1.29, 1.82) is 0 Å². The number of benzene rings is 3. The van der Waals surface area contributed by atoms with Crippen LogP contribution >= 0.6 is 0 Å². The van der Waals surface area contributed by atoms with Gasteiger partial charge in [-0.25, -0.2) is 0 Å². The van der Waals surface area contributed by atoms with E-state index in [1.54, 1.807) is 49.6 Å². The molecule has 0 bridgehead atoms. The number of ether oxygens (including phenoxy) is 2. The Morgan fingerprint density at radius 3 is 2.28 bits per heavy atom. The number of aliphatic hydroxyl groups excluding tert-OH is 1. The Morgan fingerprint density at radius 2 is 1.62 bits per heavy atom. The van der Waals surface area contributed by atoms with Crippen LogP contribution in [0.4, 0.5) is 5.69 Å². The largest absolute Gasteiger partial charge is 0.507 e. The van der Waals surface area contributed by atoms with Crippen LogP contribution in [0.5, 0.6) is 11.5 Å². The first kappa shape index (κ1) is 21.2. The number of amides is 1. The maximum absolute atomic E-state index is 13.2. The number of ketones is 1. The molecule has 1 aliphatic heterocycles. The fourth-order valence-electron chi connectivity index (χ4n) is 3.97. The lowest BCUT2D eigenvalue weighted by molar-refractivity contribution is -0.132. The number of aliphatic hydroxyl groups is 1. The molecule has 4 rings (SSSR count). The van der Waals surface area contributed by atoms with Crippen LogP contribution in [0.2, 0.25) is 0 Å². The molecule has 0 aliphatic carbocycles. The lowest BCUT2D eigenvalue weighted by Gasteiger charge is -2.27. The maximum Gasteiger partial charge on any atom is 0.300 e. The van der Waals surface area contributed by atoms with Gasteiger partial charge in [-0.05, 0) is 55.0 Å². The van der Waals surface area contributed by atoms with Gasteiger partial charge >= 0.3 is 0 Å². The van der Waals surface area contributed by atoms with E-state index in [-0.39, 0.29) is 11.3 Å². The van der Waals surface area contributed by atoms with Crippen LogP contribution in [0.3, 0.4) is 0 Å². The van der Waals surface area contributed by atoms with Crippen molar-refractivity contribution in [2.75, 3.05) is 19.1 Å². The summed E-state index contributed by atoms with van der Waals surface area (Å²) < 4.78 is 10.7. The van der Waals surface area contributed by atoms with Gasteiger partial charge in [0.25, 0.3) is 11.7 Å². The van der Waals surface area contributed by atoms with Crippen LogP contribution in [-0.2, 0) is 9.59 Å². The molecule has 162 valence electrons. The Labute approximate surface area is 186 Å². The summed E-state index contributed by atoms with van der Waals surface area (Å²) in [5.41, 5.74) is 2.53. The number of Topliss-reactive ketones (excluding diaryl/α,β-unsaturated/α-hetero) is 1. The van der Waals surface area contributed by atoms with Crippen molar-refractivity contribution in [2.24, 2.45) is 0 Å². The van der Waals surface area contributed by atoms with Crippen molar-refractivity contribution in [2.45, 2.75) is 13.0 Å². The van der Waals surface area contributed by atoms with Crippen LogP contribution in [0.1, 0.15) is 22.7 Å². The maximum atomic E-state index is 13.2. The van der Waals surface area contributed by atoms with Gasteiger partial charge in [0.1, 0.15) is 17.3 Å². The van der Waals surface area contributed by atoms with Crippen molar-refractivity contribution < 1.29 is 24.2 Å². The van der Waals surface area contributed by atoms with Gasteiger partial charge in [0.05, 0.1) is 25.8 Å². The molecule has 32 heavy (non-hydrogen) atoms. The zero-order valence-electron chi connectivity index (χ0n) is 18.0. The number of carbonyl (C=O) groups is 2. The SMILES string of the molecule is COc1ccc(/C(O)=C2\C(=O)C(=O)N(c3cccc(C)c3)C2c2ccccc2OC)cc1. The van der Waals surface area contributed by atoms with Gasteiger partial charge in [0.2, 0.25) is 0 Å². The molecule has 0 saturated carbocycles. The van der Waals surface area contributed by atoms with E-state index in [1.807, 2.05) is 37.3 Å². The predicted octanol–water partition coefficient (Wildman–Crippen LogP) is 4.64. The quantitative estimate of drug-likeness (QED) is 0.363. The highest BCUT2D eigenvalue weighted by Gasteiger charge is 2.47. The van der Waals surface area contributed by atoms with Crippen molar-refractivity contribution >= 4 is 23.1 Å². The van der Waals surface area contributed by atoms with E-state index in [9.17, 15) is 14.7 Å². The molecule has 1 unspecified atom stereocenters. The summed E-state index contributed by atoms with van der Waals surface area (Å²) in [7, 11) is 3.07. The Kier molecular flexibility index (Phi) is 5.69. The van der Waals surface area contributed by atoms with Crippen molar-refractivity contribution in [3.8, 4) is 11.5 Å². The highest BCUT2D eigenvalue weighted by Crippen LogP contribution is 2.45. The Morgan fingerprint density at radius 1 is 0.906 bits per heavy atom. The number of hydrogen-bond donors (Lipinski definition) is 1. The summed E-state index contributed by atoms with van der Waals surface area (Å²) in [6.07, 6.45) is 0. The molecule has 3 aromatic rings. The van der Waals surface area contributed by atoms with Crippen LogP contribution in [0, 0.1) is 6.92 Å². The molecule has 1 heterocycles. The van der Waals surface area contributed by atoms with Crippen molar-refractivity contribution in [3.05, 3.63) is 95.1 Å². The molecule has 1 N–H and O–H groups in total. The van der Waals surface area contributed by atoms with Crippen LogP contribution < -0.4 is 14.4 Å². The average Bonchev–Trinajstić information content (AvgIpc) is 3.09. The van der Waals surface area contributed by atoms with Gasteiger partial charge in [0.15, 0.2) is 0 Å². The highest BCUT2D eigenvalue weighted by atomic mass is 16.5. The monoisotopic (exact) mass is 429 g/mol. The highest BCUT2D eigenvalue weighted by molar-refractivity contribution is 6.51. The second-order valence-electron chi connectivity index (χ2n) is 7.48. The molecule has 6 heteroatoms. The molecular weight excluding hydrogens is 406 g/mol. The van der Waals surface area contributed by atoms with E-state index in [4.69, 9.17) is 9.47 Å². The summed E-state index contributed by atoms with van der Waals surface area (Å²) >= 11 is 0. The fourth-order valence-corrected chi connectivity index (χ4v) is 3.97. The van der Waals surface area contributed by atoms with Crippen molar-refractivity contribution in [1.82, 2.24) is 0 Å². The first-order valence-corrected chi connectivity index (χ1v) is 10.1. The zero-order chi connectivity index (χ0) is 22.8. The van der Waals surface area contributed by atoms with Crippen LogP contribution in [0.25, 0.3) is 5.76 Å². The lowest BCUT2D eigenvalue weighted by Crippen LogP contribution is -2.29. The molecule has 1 aliphatic rings. The van der Waals surface area contributed by atoms with E-state index < -0.39 is 17.7 Å². The minimum atomic E-state index is -0.852. The third-order valence-corrected chi connectivity index (χ3v) is 5.52. The average molecular weight is 429 g/mol. The molecule has 1 amide bonds. The first-order valence-electron chi connectivity index (χ1n) is 10.1. The van der Waals surface area contributed by atoms with Crippen LogP contribution in [-0.4, -0.2) is 31.0 Å². The molecule has 1 fully saturated rings. The lowest BCUT2D eigenvalue weighted by atomic mass is 9.94. The molecule has 0 radical (unpaired) electrons. The summed E-state index contributed by atoms with van der Waals surface area (Å²) in [5.74, 6) is -0.588. The molecule has 1 atom stereocenters. The van der Waals surface area contributed by atoms with E-state index in [0.29, 0.717) is 28.3 Å². The van der Waals surface area contributed by atoms with E-state index >= 15 is 0 Å². The number of anilines is 1. The van der Waals surface area contributed by atoms with Crippen LogP contribution in [0.15, 0.2) is 78.4 Å². The Hall–Kier alpha value is -4.06. The topological polar surface area (TPSA) is 76.1 Å². The number of methoxy groups -OCH3 is 2. The van der Waals surface area contributed by atoms with E-state index in [0.717, 1.165) is 5.56 Å². The third kappa shape index (κ3) is 3.60. The third-order valence-electron chi connectivity index (χ3n) is 5.52. The molecule has 0 aromatic heterocycles. The van der Waals surface area contributed by atoms with Gasteiger partial charge in [0, 0.05) is 16.8 Å². The normalized spacial score (nSPS) is 17.5. The number of hydrogen-bond acceptors (Lipinski definition) is 5. The number of aryl methyl sites for hydroxylation is 1. The van der Waals surface area contributed by atoms with E-state index in [2.05, 4.69) is 0 Å². The molecule has 1 saturated heterocycles. The molecular formula is C26H23NO5. The second kappa shape index (κ2) is 8.59. The summed E-state index contributed by atoms with van der Waals surface area (Å²) in [5, 5.41) is 11.2. The second-order valence-corrected chi connectivity index (χ2v) is 7.48. The fraction of sp³-hybridized carbons (Fsp3) is 0.154. The zero-order valence-corrected chi connectivity index (χ0v) is 18.0. The summed E-state index contributed by atoms with van der Waals surface area (Å²) in [4.78, 5) is 27.9. The molecule has 6 nitrogen and oxygen atoms in total.